The number of nitrogens with zero attached hydrogens (tertiary/aromatic N) is 1. The average molecular weight is 198 g/mol. The van der Waals surface area contributed by atoms with E-state index in [1.807, 2.05) is 11.8 Å². The minimum Gasteiger partial charge on any atom is -0.373 e. The van der Waals surface area contributed by atoms with Crippen molar-refractivity contribution in [1.82, 2.24) is 10.2 Å². The molecule has 1 amide bonds. The zero-order valence-electron chi connectivity index (χ0n) is 8.88. The fraction of sp³-hybridized carbons (Fsp3) is 0.900. The monoisotopic (exact) mass is 198 g/mol. The molecule has 2 aliphatic heterocycles. The molecule has 2 fully saturated rings. The van der Waals surface area contributed by atoms with Crippen LogP contribution in [-0.2, 0) is 9.53 Å². The van der Waals surface area contributed by atoms with Gasteiger partial charge in [0.05, 0.1) is 24.9 Å². The van der Waals surface area contributed by atoms with E-state index >= 15 is 0 Å². The lowest BCUT2D eigenvalue weighted by atomic mass is 10.0. The number of ether oxygens (including phenoxy) is 1. The molecule has 14 heavy (non-hydrogen) atoms. The summed E-state index contributed by atoms with van der Waals surface area (Å²) in [5.41, 5.74) is -0.115. The third kappa shape index (κ3) is 1.77. The maximum Gasteiger partial charge on any atom is 0.237 e. The summed E-state index contributed by atoms with van der Waals surface area (Å²) in [4.78, 5) is 13.4. The maximum atomic E-state index is 11.5. The number of amides is 1. The Bertz CT molecular complexity index is 236. The van der Waals surface area contributed by atoms with Gasteiger partial charge in [0, 0.05) is 6.61 Å². The number of hydrogen-bond donors (Lipinski definition) is 1. The Labute approximate surface area is 84.6 Å². The highest BCUT2D eigenvalue weighted by molar-refractivity contribution is 5.80. The minimum absolute atomic E-state index is 0.115. The van der Waals surface area contributed by atoms with Crippen LogP contribution < -0.4 is 5.32 Å². The van der Waals surface area contributed by atoms with Crippen molar-refractivity contribution in [2.24, 2.45) is 0 Å². The first kappa shape index (κ1) is 9.93. The van der Waals surface area contributed by atoms with Crippen molar-refractivity contribution < 1.29 is 9.53 Å². The molecule has 2 heterocycles. The molecular formula is C10H18N2O2. The lowest BCUT2D eigenvalue weighted by Crippen LogP contribution is -2.45. The van der Waals surface area contributed by atoms with Gasteiger partial charge in [0.15, 0.2) is 0 Å². The number of carbonyl (C=O) groups excluding carboxylic acids is 1. The fourth-order valence-corrected chi connectivity index (χ4v) is 2.21. The summed E-state index contributed by atoms with van der Waals surface area (Å²) >= 11 is 0. The minimum atomic E-state index is -0.115. The van der Waals surface area contributed by atoms with Gasteiger partial charge in [-0.25, -0.2) is 0 Å². The Balaban J connectivity index is 1.98. The summed E-state index contributed by atoms with van der Waals surface area (Å²) in [5, 5.41) is 3.13. The summed E-state index contributed by atoms with van der Waals surface area (Å²) in [6, 6.07) is 0. The number of rotatable bonds is 2. The van der Waals surface area contributed by atoms with Crippen LogP contribution in [-0.4, -0.2) is 42.3 Å². The van der Waals surface area contributed by atoms with Crippen molar-refractivity contribution in [2.75, 3.05) is 19.7 Å². The highest BCUT2D eigenvalue weighted by atomic mass is 16.5. The molecule has 0 radical (unpaired) electrons. The summed E-state index contributed by atoms with van der Waals surface area (Å²) < 4.78 is 5.68. The summed E-state index contributed by atoms with van der Waals surface area (Å²) in [6.07, 6.45) is 2.33. The van der Waals surface area contributed by atoms with Crippen molar-refractivity contribution in [3.8, 4) is 0 Å². The molecule has 0 aromatic carbocycles. The highest BCUT2D eigenvalue weighted by Crippen LogP contribution is 2.27. The van der Waals surface area contributed by atoms with E-state index in [0.29, 0.717) is 6.54 Å². The van der Waals surface area contributed by atoms with Crippen LogP contribution in [0, 0.1) is 0 Å². The maximum absolute atomic E-state index is 11.5. The van der Waals surface area contributed by atoms with Crippen molar-refractivity contribution in [3.63, 3.8) is 0 Å². The molecule has 4 heteroatoms. The molecule has 4 nitrogen and oxygen atoms in total. The van der Waals surface area contributed by atoms with E-state index in [1.54, 1.807) is 0 Å². The molecule has 2 rings (SSSR count). The Kier molecular flexibility index (Phi) is 2.49. The van der Waals surface area contributed by atoms with E-state index in [1.165, 1.54) is 0 Å². The molecular weight excluding hydrogens is 180 g/mol. The molecule has 0 aliphatic carbocycles. The topological polar surface area (TPSA) is 41.6 Å². The molecule has 2 aliphatic rings. The van der Waals surface area contributed by atoms with E-state index in [9.17, 15) is 4.79 Å². The van der Waals surface area contributed by atoms with Gasteiger partial charge < -0.3 is 9.64 Å². The van der Waals surface area contributed by atoms with Crippen LogP contribution in [0.15, 0.2) is 0 Å². The quantitative estimate of drug-likeness (QED) is 0.695. The van der Waals surface area contributed by atoms with Crippen molar-refractivity contribution in [1.29, 1.82) is 0 Å². The Morgan fingerprint density at radius 2 is 2.50 bits per heavy atom. The van der Waals surface area contributed by atoms with Crippen LogP contribution in [0.4, 0.5) is 0 Å². The predicted octanol–water partition coefficient (Wildman–Crippen LogP) is 0.333. The second-order valence-corrected chi connectivity index (χ2v) is 4.48. The molecule has 0 saturated carbocycles. The third-order valence-corrected chi connectivity index (χ3v) is 3.14. The summed E-state index contributed by atoms with van der Waals surface area (Å²) in [7, 11) is 0. The normalized spacial score (nSPS) is 38.3. The largest absolute Gasteiger partial charge is 0.373 e. The number of nitrogens with one attached hydrogen (secondary N) is 1. The Hall–Kier alpha value is -0.610. The van der Waals surface area contributed by atoms with Crippen LogP contribution in [0.2, 0.25) is 0 Å². The number of carbonyl (C=O) groups is 1. The molecule has 2 atom stereocenters. The smallest absolute Gasteiger partial charge is 0.237 e. The second kappa shape index (κ2) is 3.51. The van der Waals surface area contributed by atoms with Crippen molar-refractivity contribution in [2.45, 2.75) is 38.5 Å². The van der Waals surface area contributed by atoms with Gasteiger partial charge in [0.1, 0.15) is 0 Å². The van der Waals surface area contributed by atoms with Crippen LogP contribution in [0.5, 0.6) is 0 Å². The Morgan fingerprint density at radius 3 is 3.00 bits per heavy atom. The van der Waals surface area contributed by atoms with Gasteiger partial charge in [-0.05, 0) is 26.7 Å². The van der Waals surface area contributed by atoms with Crippen molar-refractivity contribution >= 4 is 5.91 Å². The van der Waals surface area contributed by atoms with Gasteiger partial charge in [-0.1, -0.05) is 0 Å². The van der Waals surface area contributed by atoms with E-state index in [2.05, 4.69) is 12.2 Å². The molecule has 1 N–H and O–H groups in total. The zero-order chi connectivity index (χ0) is 10.2. The lowest BCUT2D eigenvalue weighted by Gasteiger charge is -2.31. The summed E-state index contributed by atoms with van der Waals surface area (Å²) in [5.74, 6) is 0.189. The molecule has 2 saturated heterocycles. The first-order valence-electron chi connectivity index (χ1n) is 5.28. The summed E-state index contributed by atoms with van der Waals surface area (Å²) in [6.45, 7) is 6.14. The SMILES string of the molecule is CC1NCC(=O)N1CC1(C)CCCO1. The van der Waals surface area contributed by atoms with E-state index < -0.39 is 0 Å². The lowest BCUT2D eigenvalue weighted by molar-refractivity contribution is -0.131. The molecule has 0 aromatic heterocycles. The van der Waals surface area contributed by atoms with E-state index in [4.69, 9.17) is 4.74 Å². The van der Waals surface area contributed by atoms with E-state index in [-0.39, 0.29) is 17.7 Å². The van der Waals surface area contributed by atoms with Gasteiger partial charge in [0.2, 0.25) is 5.91 Å². The second-order valence-electron chi connectivity index (χ2n) is 4.48. The van der Waals surface area contributed by atoms with Gasteiger partial charge in [-0.3, -0.25) is 10.1 Å². The predicted molar refractivity (Wildman–Crippen MR) is 52.8 cm³/mol. The first-order valence-corrected chi connectivity index (χ1v) is 5.28. The van der Waals surface area contributed by atoms with Crippen LogP contribution >= 0.6 is 0 Å². The molecule has 0 spiro atoms. The number of hydrogen-bond acceptors (Lipinski definition) is 3. The molecule has 0 aromatic rings. The standard InChI is InChI=1S/C10H18N2O2/c1-8-11-6-9(13)12(8)7-10(2)4-3-5-14-10/h8,11H,3-7H2,1-2H3. The van der Waals surface area contributed by atoms with Gasteiger partial charge in [-0.2, -0.15) is 0 Å². The first-order chi connectivity index (χ1) is 6.61. The van der Waals surface area contributed by atoms with Gasteiger partial charge in [0.25, 0.3) is 0 Å². The average Bonchev–Trinajstić information content (AvgIpc) is 2.68. The third-order valence-electron chi connectivity index (χ3n) is 3.14. The Morgan fingerprint density at radius 1 is 1.71 bits per heavy atom. The van der Waals surface area contributed by atoms with Crippen LogP contribution in [0.25, 0.3) is 0 Å². The fourth-order valence-electron chi connectivity index (χ4n) is 2.21. The van der Waals surface area contributed by atoms with Gasteiger partial charge >= 0.3 is 0 Å². The highest BCUT2D eigenvalue weighted by Gasteiger charge is 2.37. The van der Waals surface area contributed by atoms with Crippen molar-refractivity contribution in [3.05, 3.63) is 0 Å². The van der Waals surface area contributed by atoms with E-state index in [0.717, 1.165) is 26.0 Å². The molecule has 2 unspecified atom stereocenters. The molecule has 80 valence electrons. The van der Waals surface area contributed by atoms with Gasteiger partial charge in [-0.15, -0.1) is 0 Å². The zero-order valence-corrected chi connectivity index (χ0v) is 8.88. The van der Waals surface area contributed by atoms with Crippen LogP contribution in [0.1, 0.15) is 26.7 Å². The molecule has 0 bridgehead atoms. The van der Waals surface area contributed by atoms with Crippen LogP contribution in [0.3, 0.4) is 0 Å².